The maximum absolute atomic E-state index is 12.4. The Balaban J connectivity index is 1.78. The summed E-state index contributed by atoms with van der Waals surface area (Å²) in [6, 6.07) is 11.2. The Kier molecular flexibility index (Phi) is 7.31. The van der Waals surface area contributed by atoms with E-state index in [1.807, 2.05) is 0 Å². The number of hydrogen-bond donors (Lipinski definition) is 2. The van der Waals surface area contributed by atoms with Crippen molar-refractivity contribution in [2.24, 2.45) is 5.10 Å². The number of amides is 2. The predicted molar refractivity (Wildman–Crippen MR) is 120 cm³/mol. The Morgan fingerprint density at radius 3 is 2.52 bits per heavy atom. The zero-order valence-electron chi connectivity index (χ0n) is 17.3. The summed E-state index contributed by atoms with van der Waals surface area (Å²) in [5, 5.41) is 17.9. The molecule has 2 N–H and O–H groups in total. The Morgan fingerprint density at radius 2 is 1.84 bits per heavy atom. The van der Waals surface area contributed by atoms with Crippen LogP contribution in [0, 0.1) is 10.1 Å². The van der Waals surface area contributed by atoms with Crippen molar-refractivity contribution in [1.82, 2.24) is 5.43 Å². The Bertz CT molecular complexity index is 997. The summed E-state index contributed by atoms with van der Waals surface area (Å²) in [6.45, 7) is 3.14. The minimum absolute atomic E-state index is 0.0330. The van der Waals surface area contributed by atoms with Crippen molar-refractivity contribution in [1.29, 1.82) is 0 Å². The molecular formula is C22H25N5O4. The van der Waals surface area contributed by atoms with Crippen LogP contribution in [0.4, 0.5) is 17.1 Å². The van der Waals surface area contributed by atoms with Crippen LogP contribution in [-0.2, 0) is 4.79 Å². The number of carbonyl (C=O) groups is 2. The van der Waals surface area contributed by atoms with E-state index in [-0.39, 0.29) is 11.6 Å². The van der Waals surface area contributed by atoms with Crippen molar-refractivity contribution in [3.63, 3.8) is 0 Å². The van der Waals surface area contributed by atoms with Crippen molar-refractivity contribution in [3.05, 3.63) is 63.7 Å². The van der Waals surface area contributed by atoms with Gasteiger partial charge in [0, 0.05) is 54.6 Å². The minimum Gasteiger partial charge on any atom is -0.371 e. The van der Waals surface area contributed by atoms with Gasteiger partial charge in [-0.05, 0) is 37.1 Å². The summed E-state index contributed by atoms with van der Waals surface area (Å²) in [4.78, 5) is 36.6. The van der Waals surface area contributed by atoms with Crippen LogP contribution < -0.4 is 15.6 Å². The van der Waals surface area contributed by atoms with E-state index in [1.165, 1.54) is 38.1 Å². The number of rotatable bonds is 6. The number of hydrazone groups is 1. The molecule has 1 heterocycles. The number of nitrogens with one attached hydrogen (secondary N) is 2. The average molecular weight is 423 g/mol. The molecule has 0 atom stereocenters. The van der Waals surface area contributed by atoms with Crippen molar-refractivity contribution in [2.75, 3.05) is 23.3 Å². The molecule has 9 nitrogen and oxygen atoms in total. The molecule has 2 aromatic rings. The normalized spacial score (nSPS) is 14.2. The zero-order chi connectivity index (χ0) is 22.2. The molecule has 2 amide bonds. The predicted octanol–water partition coefficient (Wildman–Crippen LogP) is 3.70. The molecule has 0 aromatic heterocycles. The Labute approximate surface area is 180 Å². The van der Waals surface area contributed by atoms with Crippen LogP contribution in [0.1, 0.15) is 48.5 Å². The van der Waals surface area contributed by atoms with E-state index < -0.39 is 10.8 Å². The Morgan fingerprint density at radius 1 is 1.10 bits per heavy atom. The van der Waals surface area contributed by atoms with Gasteiger partial charge in [0.15, 0.2) is 0 Å². The van der Waals surface area contributed by atoms with E-state index in [4.69, 9.17) is 0 Å². The van der Waals surface area contributed by atoms with Crippen LogP contribution in [0.25, 0.3) is 0 Å². The minimum atomic E-state index is -0.454. The lowest BCUT2D eigenvalue weighted by atomic mass is 10.1. The van der Waals surface area contributed by atoms with Gasteiger partial charge in [0.2, 0.25) is 5.91 Å². The van der Waals surface area contributed by atoms with Gasteiger partial charge in [-0.15, -0.1) is 0 Å². The molecular weight excluding hydrogens is 398 g/mol. The van der Waals surface area contributed by atoms with Gasteiger partial charge in [-0.3, -0.25) is 19.7 Å². The second kappa shape index (κ2) is 10.3. The van der Waals surface area contributed by atoms with Crippen molar-refractivity contribution in [3.8, 4) is 0 Å². The first kappa shape index (κ1) is 21.9. The molecule has 0 spiro atoms. The number of carbonyl (C=O) groups excluding carboxylic acids is 2. The summed E-state index contributed by atoms with van der Waals surface area (Å²) >= 11 is 0. The van der Waals surface area contributed by atoms with Crippen LogP contribution in [0.3, 0.4) is 0 Å². The van der Waals surface area contributed by atoms with Crippen LogP contribution in [0.2, 0.25) is 0 Å². The van der Waals surface area contributed by atoms with Gasteiger partial charge in [0.05, 0.1) is 11.1 Å². The van der Waals surface area contributed by atoms with Crippen LogP contribution in [0.5, 0.6) is 0 Å². The second-order valence-corrected chi connectivity index (χ2v) is 7.36. The third-order valence-corrected chi connectivity index (χ3v) is 4.98. The molecule has 162 valence electrons. The van der Waals surface area contributed by atoms with E-state index >= 15 is 0 Å². The zero-order valence-corrected chi connectivity index (χ0v) is 17.3. The lowest BCUT2D eigenvalue weighted by Crippen LogP contribution is -2.25. The van der Waals surface area contributed by atoms with Gasteiger partial charge < -0.3 is 10.2 Å². The lowest BCUT2D eigenvalue weighted by molar-refractivity contribution is -0.384. The topological polar surface area (TPSA) is 117 Å². The van der Waals surface area contributed by atoms with Gasteiger partial charge in [-0.2, -0.15) is 5.10 Å². The fraction of sp³-hybridized carbons (Fsp3) is 0.318. The molecule has 9 heteroatoms. The quantitative estimate of drug-likeness (QED) is 0.417. The molecule has 1 aliphatic heterocycles. The van der Waals surface area contributed by atoms with Crippen molar-refractivity contribution < 1.29 is 14.5 Å². The van der Waals surface area contributed by atoms with Crippen LogP contribution in [0.15, 0.2) is 47.6 Å². The van der Waals surface area contributed by atoms with E-state index in [0.717, 1.165) is 31.6 Å². The van der Waals surface area contributed by atoms with Gasteiger partial charge >= 0.3 is 0 Å². The third kappa shape index (κ3) is 6.11. The molecule has 0 aliphatic carbocycles. The number of hydrogen-bond acceptors (Lipinski definition) is 6. The highest BCUT2D eigenvalue weighted by Gasteiger charge is 2.16. The van der Waals surface area contributed by atoms with Gasteiger partial charge in [0.25, 0.3) is 11.6 Å². The summed E-state index contributed by atoms with van der Waals surface area (Å²) in [7, 11) is 0. The molecule has 0 saturated carbocycles. The molecule has 31 heavy (non-hydrogen) atoms. The highest BCUT2D eigenvalue weighted by Crippen LogP contribution is 2.26. The number of anilines is 2. The molecule has 1 saturated heterocycles. The molecule has 2 aromatic carbocycles. The monoisotopic (exact) mass is 423 g/mol. The summed E-state index contributed by atoms with van der Waals surface area (Å²) < 4.78 is 0. The number of benzene rings is 2. The fourth-order valence-electron chi connectivity index (χ4n) is 3.52. The first-order chi connectivity index (χ1) is 14.9. The lowest BCUT2D eigenvalue weighted by Gasteiger charge is -2.24. The summed E-state index contributed by atoms with van der Waals surface area (Å²) in [5.74, 6) is -0.688. The number of nitro benzene ring substituents is 1. The standard InChI is InChI=1S/C22H25N5O4/c1-16(28)24-19-8-6-7-17(13-19)22(29)25-23-15-18-14-20(27(30)31)9-10-21(18)26-11-4-2-3-5-12-26/h6-10,13-15H,2-5,11-12H2,1H3,(H,24,28)(H,25,29)/b23-15+. The smallest absolute Gasteiger partial charge is 0.271 e. The average Bonchev–Trinajstić information content (AvgIpc) is 3.02. The van der Waals surface area contributed by atoms with E-state index in [2.05, 4.69) is 20.7 Å². The maximum Gasteiger partial charge on any atom is 0.271 e. The number of nitrogens with zero attached hydrogens (tertiary/aromatic N) is 3. The largest absolute Gasteiger partial charge is 0.371 e. The molecule has 1 aliphatic rings. The maximum atomic E-state index is 12.4. The number of non-ortho nitro benzene ring substituents is 1. The van der Waals surface area contributed by atoms with Gasteiger partial charge in [-0.25, -0.2) is 5.43 Å². The van der Waals surface area contributed by atoms with E-state index in [1.54, 1.807) is 30.3 Å². The SMILES string of the molecule is CC(=O)Nc1cccc(C(=O)N/N=C/c2cc([N+](=O)[O-])ccc2N2CCCCCC2)c1. The Hall–Kier alpha value is -3.75. The van der Waals surface area contributed by atoms with E-state index in [9.17, 15) is 19.7 Å². The highest BCUT2D eigenvalue weighted by molar-refractivity contribution is 5.97. The molecule has 0 radical (unpaired) electrons. The molecule has 0 unspecified atom stereocenters. The van der Waals surface area contributed by atoms with Crippen molar-refractivity contribution >= 4 is 35.1 Å². The second-order valence-electron chi connectivity index (χ2n) is 7.36. The molecule has 1 fully saturated rings. The highest BCUT2D eigenvalue weighted by atomic mass is 16.6. The van der Waals surface area contributed by atoms with E-state index in [0.29, 0.717) is 16.8 Å². The first-order valence-electron chi connectivity index (χ1n) is 10.2. The first-order valence-corrected chi connectivity index (χ1v) is 10.2. The number of nitro groups is 1. The third-order valence-electron chi connectivity index (χ3n) is 4.98. The van der Waals surface area contributed by atoms with Crippen LogP contribution in [-0.4, -0.2) is 36.0 Å². The molecule has 3 rings (SSSR count). The van der Waals surface area contributed by atoms with Crippen molar-refractivity contribution in [2.45, 2.75) is 32.6 Å². The summed E-state index contributed by atoms with van der Waals surface area (Å²) in [5.41, 5.74) is 4.68. The summed E-state index contributed by atoms with van der Waals surface area (Å²) in [6.07, 6.45) is 5.90. The van der Waals surface area contributed by atoms with Crippen LogP contribution >= 0.6 is 0 Å². The van der Waals surface area contributed by atoms with Gasteiger partial charge in [0.1, 0.15) is 0 Å². The fourth-order valence-corrected chi connectivity index (χ4v) is 3.52. The van der Waals surface area contributed by atoms with Gasteiger partial charge in [-0.1, -0.05) is 18.9 Å². The molecule has 0 bridgehead atoms.